The van der Waals surface area contributed by atoms with Crippen molar-refractivity contribution in [3.05, 3.63) is 51.2 Å². The van der Waals surface area contributed by atoms with Crippen LogP contribution < -0.4 is 0 Å². The van der Waals surface area contributed by atoms with Crippen molar-refractivity contribution >= 4 is 23.2 Å². The van der Waals surface area contributed by atoms with Gasteiger partial charge in [-0.1, -0.05) is 19.1 Å². The summed E-state index contributed by atoms with van der Waals surface area (Å²) in [5.74, 6) is -1.82. The van der Waals surface area contributed by atoms with Crippen LogP contribution in [0.25, 0.3) is 0 Å². The van der Waals surface area contributed by atoms with Gasteiger partial charge in [-0.3, -0.25) is 24.7 Å². The van der Waals surface area contributed by atoms with E-state index in [1.807, 2.05) is 6.92 Å². The number of hydrogen-bond donors (Lipinski definition) is 0. The first-order chi connectivity index (χ1) is 13.0. The Morgan fingerprint density at radius 2 is 2.11 bits per heavy atom. The van der Waals surface area contributed by atoms with E-state index in [-0.39, 0.29) is 18.1 Å². The van der Waals surface area contributed by atoms with Crippen molar-refractivity contribution in [2.24, 2.45) is 10.9 Å². The van der Waals surface area contributed by atoms with Crippen LogP contribution in [0.15, 0.2) is 40.5 Å². The second kappa shape index (κ2) is 7.82. The molecule has 142 valence electrons. The second-order valence-corrected chi connectivity index (χ2v) is 6.65. The topological polar surface area (TPSA) is 98.9 Å². The smallest absolute Gasteiger partial charge is 0.315 e. The molecule has 0 N–H and O–H groups in total. The molecule has 1 aliphatic carbocycles. The molecule has 1 unspecified atom stereocenters. The number of allylic oxidation sites excluding steroid dienone is 2. The number of nitro benzene ring substituents is 1. The van der Waals surface area contributed by atoms with Crippen LogP contribution in [0.4, 0.5) is 5.69 Å². The highest BCUT2D eigenvalue weighted by molar-refractivity contribution is 6.09. The molecule has 0 saturated carbocycles. The summed E-state index contributed by atoms with van der Waals surface area (Å²) in [6, 6.07) is 6.16. The third-order valence-corrected chi connectivity index (χ3v) is 5.05. The molecule has 3 rings (SSSR count). The number of aliphatic imine (C=N–C) groups is 1. The molecule has 0 amide bonds. The van der Waals surface area contributed by atoms with E-state index in [2.05, 4.69) is 4.99 Å². The SMILES string of the molecule is CCOC(=O)C1C(CC)=NC2=C(C(=O)CCC2)[C@H]1c1cccc([N+](=O)[O-])c1. The van der Waals surface area contributed by atoms with Crippen molar-refractivity contribution in [3.8, 4) is 0 Å². The van der Waals surface area contributed by atoms with Crippen LogP contribution >= 0.6 is 0 Å². The molecule has 1 heterocycles. The first kappa shape index (κ1) is 18.9. The highest BCUT2D eigenvalue weighted by Gasteiger charge is 2.44. The molecule has 7 heteroatoms. The molecule has 1 aromatic rings. The lowest BCUT2D eigenvalue weighted by Crippen LogP contribution is -2.38. The van der Waals surface area contributed by atoms with Gasteiger partial charge in [0.2, 0.25) is 0 Å². The molecular weight excluding hydrogens is 348 g/mol. The van der Waals surface area contributed by atoms with Crippen LogP contribution in [-0.4, -0.2) is 29.0 Å². The molecule has 0 bridgehead atoms. The number of nitro groups is 1. The number of ether oxygens (including phenoxy) is 1. The second-order valence-electron chi connectivity index (χ2n) is 6.65. The summed E-state index contributed by atoms with van der Waals surface area (Å²) in [5, 5.41) is 11.2. The Kier molecular flexibility index (Phi) is 5.48. The number of carbonyl (C=O) groups is 2. The van der Waals surface area contributed by atoms with Crippen LogP contribution in [0.1, 0.15) is 51.0 Å². The molecule has 2 aliphatic rings. The Bertz CT molecular complexity index is 856. The zero-order chi connectivity index (χ0) is 19.6. The first-order valence-corrected chi connectivity index (χ1v) is 9.22. The number of carbonyl (C=O) groups excluding carboxylic acids is 2. The molecule has 0 saturated heterocycles. The molecule has 0 spiro atoms. The van der Waals surface area contributed by atoms with Crippen LogP contribution in [-0.2, 0) is 14.3 Å². The minimum atomic E-state index is -0.738. The minimum absolute atomic E-state index is 0.0408. The molecule has 1 aliphatic heterocycles. The lowest BCUT2D eigenvalue weighted by atomic mass is 9.71. The molecule has 0 aromatic heterocycles. The van der Waals surface area contributed by atoms with Crippen molar-refractivity contribution in [3.63, 3.8) is 0 Å². The minimum Gasteiger partial charge on any atom is -0.465 e. The monoisotopic (exact) mass is 370 g/mol. The van der Waals surface area contributed by atoms with E-state index in [4.69, 9.17) is 4.74 Å². The first-order valence-electron chi connectivity index (χ1n) is 9.22. The summed E-state index contributed by atoms with van der Waals surface area (Å²) in [6.07, 6.45) is 2.34. The quantitative estimate of drug-likeness (QED) is 0.447. The Morgan fingerprint density at radius 1 is 1.33 bits per heavy atom. The summed E-state index contributed by atoms with van der Waals surface area (Å²) < 4.78 is 5.27. The summed E-state index contributed by atoms with van der Waals surface area (Å²) in [7, 11) is 0. The van der Waals surface area contributed by atoms with Gasteiger partial charge in [0.25, 0.3) is 5.69 Å². The lowest BCUT2D eigenvalue weighted by molar-refractivity contribution is -0.384. The van der Waals surface area contributed by atoms with E-state index >= 15 is 0 Å². The fraction of sp³-hybridized carbons (Fsp3) is 0.450. The highest BCUT2D eigenvalue weighted by atomic mass is 16.6. The van der Waals surface area contributed by atoms with Crippen LogP contribution in [0.3, 0.4) is 0 Å². The predicted octanol–water partition coefficient (Wildman–Crippen LogP) is 3.73. The number of hydrogen-bond acceptors (Lipinski definition) is 6. The summed E-state index contributed by atoms with van der Waals surface area (Å²) in [5.41, 5.74) is 2.39. The normalized spacial score (nSPS) is 22.1. The number of benzene rings is 1. The zero-order valence-electron chi connectivity index (χ0n) is 15.4. The molecule has 2 atom stereocenters. The maximum atomic E-state index is 12.8. The lowest BCUT2D eigenvalue weighted by Gasteiger charge is -2.35. The number of esters is 1. The summed E-state index contributed by atoms with van der Waals surface area (Å²) >= 11 is 0. The van der Waals surface area contributed by atoms with Crippen LogP contribution in [0.2, 0.25) is 0 Å². The van der Waals surface area contributed by atoms with Crippen LogP contribution in [0.5, 0.6) is 0 Å². The molecule has 0 fully saturated rings. The van der Waals surface area contributed by atoms with E-state index in [9.17, 15) is 19.7 Å². The van der Waals surface area contributed by atoms with Crippen molar-refractivity contribution in [1.82, 2.24) is 0 Å². The van der Waals surface area contributed by atoms with E-state index in [0.29, 0.717) is 41.8 Å². The number of non-ortho nitro benzene ring substituents is 1. The number of Topliss-reactive ketones (excluding diaryl/α,β-unsaturated/α-hetero) is 1. The molecular formula is C20H22N2O5. The predicted molar refractivity (Wildman–Crippen MR) is 99.6 cm³/mol. The van der Waals surface area contributed by atoms with Gasteiger partial charge >= 0.3 is 5.97 Å². The van der Waals surface area contributed by atoms with E-state index in [1.165, 1.54) is 12.1 Å². The Hall–Kier alpha value is -2.83. The van der Waals surface area contributed by atoms with E-state index in [0.717, 1.165) is 6.42 Å². The fourth-order valence-electron chi connectivity index (χ4n) is 3.91. The largest absolute Gasteiger partial charge is 0.465 e. The van der Waals surface area contributed by atoms with Gasteiger partial charge in [-0.15, -0.1) is 0 Å². The Balaban J connectivity index is 2.20. The highest BCUT2D eigenvalue weighted by Crippen LogP contribution is 2.44. The molecule has 0 radical (unpaired) electrons. The standard InChI is InChI=1S/C20H22N2O5/c1-3-14-19(20(24)27-4-2)17(12-7-5-8-13(11-12)22(25)26)18-15(21-14)9-6-10-16(18)23/h5,7-8,11,17,19H,3-4,6,9-10H2,1-2H3/t17-,19?/m1/s1. The van der Waals surface area contributed by atoms with Crippen molar-refractivity contribution in [2.45, 2.75) is 45.4 Å². The summed E-state index contributed by atoms with van der Waals surface area (Å²) in [4.78, 5) is 40.9. The Morgan fingerprint density at radius 3 is 2.78 bits per heavy atom. The van der Waals surface area contributed by atoms with Gasteiger partial charge in [0.15, 0.2) is 5.78 Å². The van der Waals surface area contributed by atoms with Gasteiger partial charge in [-0.2, -0.15) is 0 Å². The van der Waals surface area contributed by atoms with Crippen LogP contribution in [0, 0.1) is 16.0 Å². The maximum absolute atomic E-state index is 12.8. The van der Waals surface area contributed by atoms with E-state index in [1.54, 1.807) is 19.1 Å². The molecule has 1 aromatic carbocycles. The average Bonchev–Trinajstić information content (AvgIpc) is 2.67. The van der Waals surface area contributed by atoms with Gasteiger partial charge in [-0.25, -0.2) is 0 Å². The van der Waals surface area contributed by atoms with Crippen molar-refractivity contribution in [1.29, 1.82) is 0 Å². The summed E-state index contributed by atoms with van der Waals surface area (Å²) in [6.45, 7) is 3.85. The third-order valence-electron chi connectivity index (χ3n) is 5.05. The average molecular weight is 370 g/mol. The number of rotatable bonds is 5. The number of ketones is 1. The Labute approximate surface area is 157 Å². The number of nitrogens with zero attached hydrogens (tertiary/aromatic N) is 2. The molecule has 7 nitrogen and oxygen atoms in total. The van der Waals surface area contributed by atoms with Gasteiger partial charge < -0.3 is 4.74 Å². The molecule has 27 heavy (non-hydrogen) atoms. The van der Waals surface area contributed by atoms with Gasteiger partial charge in [0.1, 0.15) is 5.92 Å². The van der Waals surface area contributed by atoms with Crippen molar-refractivity contribution in [2.75, 3.05) is 6.61 Å². The van der Waals surface area contributed by atoms with Gasteiger partial charge in [-0.05, 0) is 31.7 Å². The van der Waals surface area contributed by atoms with Gasteiger partial charge in [0.05, 0.1) is 11.5 Å². The van der Waals surface area contributed by atoms with Crippen molar-refractivity contribution < 1.29 is 19.2 Å². The zero-order valence-corrected chi connectivity index (χ0v) is 15.4. The third kappa shape index (κ3) is 3.54. The van der Waals surface area contributed by atoms with Gasteiger partial charge in [0, 0.05) is 41.5 Å². The van der Waals surface area contributed by atoms with E-state index < -0.39 is 22.7 Å². The fourth-order valence-corrected chi connectivity index (χ4v) is 3.91. The maximum Gasteiger partial charge on any atom is 0.315 e.